The van der Waals surface area contributed by atoms with Crippen molar-refractivity contribution >= 4 is 5.97 Å². The van der Waals surface area contributed by atoms with Gasteiger partial charge in [-0.25, -0.2) is 0 Å². The molecule has 4 heteroatoms. The number of carboxylic acid groups (broad SMARTS) is 1. The largest absolute Gasteiger partial charge is 0.489 e. The van der Waals surface area contributed by atoms with E-state index in [-0.39, 0.29) is 6.10 Å². The molecular weight excluding hydrogens is 314 g/mol. The van der Waals surface area contributed by atoms with E-state index in [4.69, 9.17) is 4.74 Å². The zero-order chi connectivity index (χ0) is 17.3. The van der Waals surface area contributed by atoms with Crippen LogP contribution in [0.25, 0.3) is 0 Å². The van der Waals surface area contributed by atoms with Crippen LogP contribution in [-0.2, 0) is 10.2 Å². The quantitative estimate of drug-likeness (QED) is 0.930. The van der Waals surface area contributed by atoms with Crippen LogP contribution >= 0.6 is 0 Å². The maximum absolute atomic E-state index is 12.6. The normalized spacial score (nSPS) is 26.0. The van der Waals surface area contributed by atoms with Gasteiger partial charge in [0.25, 0.3) is 0 Å². The van der Waals surface area contributed by atoms with Crippen molar-refractivity contribution in [1.82, 2.24) is 4.90 Å². The van der Waals surface area contributed by atoms with Crippen LogP contribution in [0.1, 0.15) is 30.4 Å². The highest BCUT2D eigenvalue weighted by molar-refractivity contribution is 5.87. The lowest BCUT2D eigenvalue weighted by Crippen LogP contribution is -2.48. The summed E-state index contributed by atoms with van der Waals surface area (Å²) in [6, 6.07) is 17.2. The lowest BCUT2D eigenvalue weighted by atomic mass is 9.69. The Balaban J connectivity index is 1.78. The molecule has 0 aliphatic carbocycles. The number of hydrogen-bond acceptors (Lipinski definition) is 3. The molecule has 0 saturated carbocycles. The zero-order valence-corrected chi connectivity index (χ0v) is 14.2. The van der Waals surface area contributed by atoms with E-state index >= 15 is 0 Å². The van der Waals surface area contributed by atoms with Gasteiger partial charge in [-0.1, -0.05) is 48.5 Å². The van der Waals surface area contributed by atoms with Gasteiger partial charge in [0.1, 0.15) is 17.3 Å². The number of fused-ring (bicyclic) bond motifs is 1. The molecule has 2 heterocycles. The van der Waals surface area contributed by atoms with Crippen molar-refractivity contribution in [2.24, 2.45) is 0 Å². The van der Waals surface area contributed by atoms with Gasteiger partial charge in [0, 0.05) is 18.5 Å². The highest BCUT2D eigenvalue weighted by Crippen LogP contribution is 2.46. The van der Waals surface area contributed by atoms with E-state index in [2.05, 4.69) is 4.90 Å². The number of para-hydroxylation sites is 1. The molecule has 0 spiro atoms. The molecule has 1 saturated heterocycles. The number of benzene rings is 2. The van der Waals surface area contributed by atoms with E-state index in [9.17, 15) is 9.90 Å². The maximum atomic E-state index is 12.6. The van der Waals surface area contributed by atoms with Crippen LogP contribution in [0.4, 0.5) is 0 Å². The average molecular weight is 337 g/mol. The van der Waals surface area contributed by atoms with Gasteiger partial charge >= 0.3 is 5.97 Å². The summed E-state index contributed by atoms with van der Waals surface area (Å²) in [5.74, 6) is -0.106. The van der Waals surface area contributed by atoms with Gasteiger partial charge < -0.3 is 9.84 Å². The Morgan fingerprint density at radius 1 is 1.08 bits per heavy atom. The highest BCUT2D eigenvalue weighted by Gasteiger charge is 2.49. The fraction of sp³-hybridized carbons (Fsp3) is 0.381. The van der Waals surface area contributed by atoms with Crippen molar-refractivity contribution in [1.29, 1.82) is 0 Å². The Morgan fingerprint density at radius 2 is 1.76 bits per heavy atom. The molecule has 2 aromatic carbocycles. The van der Waals surface area contributed by atoms with Crippen molar-refractivity contribution in [2.45, 2.75) is 30.8 Å². The Labute approximate surface area is 148 Å². The van der Waals surface area contributed by atoms with Crippen molar-refractivity contribution in [2.75, 3.05) is 19.6 Å². The molecule has 2 aliphatic heterocycles. The first-order chi connectivity index (χ1) is 12.2. The Hall–Kier alpha value is -2.33. The molecule has 0 bridgehead atoms. The molecule has 1 N–H and O–H groups in total. The van der Waals surface area contributed by atoms with Gasteiger partial charge in [0.15, 0.2) is 0 Å². The minimum Gasteiger partial charge on any atom is -0.489 e. The Kier molecular flexibility index (Phi) is 4.22. The number of carbonyl (C=O) groups is 1. The number of rotatable bonds is 4. The van der Waals surface area contributed by atoms with Crippen LogP contribution in [0.5, 0.6) is 5.75 Å². The number of nitrogens with zero attached hydrogens (tertiary/aromatic N) is 1. The lowest BCUT2D eigenvalue weighted by Gasteiger charge is -2.41. The molecule has 4 rings (SSSR count). The fourth-order valence-electron chi connectivity index (χ4n) is 4.27. The smallest absolute Gasteiger partial charge is 0.318 e. The standard InChI is InChI=1S/C21H23NO3/c23-20(24)21(16-8-2-1-3-9-16)14-17(15-22-12-6-7-13-22)25-19-11-5-4-10-18(19)21/h1-5,8-11,17H,6-7,12-15H2,(H,23,24)/t17-,21?/m0/s1. The number of carboxylic acids is 1. The third-order valence-electron chi connectivity index (χ3n) is 5.47. The van der Waals surface area contributed by atoms with Gasteiger partial charge in [-0.15, -0.1) is 0 Å². The van der Waals surface area contributed by atoms with E-state index < -0.39 is 11.4 Å². The summed E-state index contributed by atoms with van der Waals surface area (Å²) in [6.45, 7) is 2.94. The molecule has 2 atom stereocenters. The molecule has 1 fully saturated rings. The fourth-order valence-corrected chi connectivity index (χ4v) is 4.27. The monoisotopic (exact) mass is 337 g/mol. The van der Waals surface area contributed by atoms with Crippen molar-refractivity contribution in [3.8, 4) is 5.75 Å². The first-order valence-electron chi connectivity index (χ1n) is 8.97. The zero-order valence-electron chi connectivity index (χ0n) is 14.2. The second-order valence-corrected chi connectivity index (χ2v) is 7.02. The number of aliphatic carboxylic acids is 1. The summed E-state index contributed by atoms with van der Waals surface area (Å²) in [4.78, 5) is 14.9. The van der Waals surface area contributed by atoms with E-state index in [1.807, 2.05) is 54.6 Å². The third-order valence-corrected chi connectivity index (χ3v) is 5.47. The topological polar surface area (TPSA) is 49.8 Å². The molecule has 2 aliphatic rings. The molecule has 1 unspecified atom stereocenters. The molecule has 0 radical (unpaired) electrons. The second kappa shape index (κ2) is 6.52. The van der Waals surface area contributed by atoms with Gasteiger partial charge in [-0.3, -0.25) is 9.69 Å². The van der Waals surface area contributed by atoms with Crippen LogP contribution in [0.15, 0.2) is 54.6 Å². The minimum absolute atomic E-state index is 0.121. The molecule has 0 aromatic heterocycles. The summed E-state index contributed by atoms with van der Waals surface area (Å²) >= 11 is 0. The second-order valence-electron chi connectivity index (χ2n) is 7.02. The van der Waals surface area contributed by atoms with Crippen molar-refractivity contribution in [3.05, 3.63) is 65.7 Å². The van der Waals surface area contributed by atoms with Crippen molar-refractivity contribution < 1.29 is 14.6 Å². The summed E-state index contributed by atoms with van der Waals surface area (Å²) in [5.41, 5.74) is 0.525. The molecule has 25 heavy (non-hydrogen) atoms. The molecule has 2 aromatic rings. The first-order valence-corrected chi connectivity index (χ1v) is 8.97. The first kappa shape index (κ1) is 16.2. The summed E-state index contributed by atoms with van der Waals surface area (Å²) in [5, 5.41) is 10.3. The third kappa shape index (κ3) is 2.81. The predicted octanol–water partition coefficient (Wildman–Crippen LogP) is 3.30. The molecule has 0 amide bonds. The molecular formula is C21H23NO3. The average Bonchev–Trinajstić information content (AvgIpc) is 3.14. The lowest BCUT2D eigenvalue weighted by molar-refractivity contribution is -0.144. The highest BCUT2D eigenvalue weighted by atomic mass is 16.5. The van der Waals surface area contributed by atoms with Crippen LogP contribution < -0.4 is 4.74 Å². The van der Waals surface area contributed by atoms with Crippen LogP contribution in [0.2, 0.25) is 0 Å². The molecule has 4 nitrogen and oxygen atoms in total. The van der Waals surface area contributed by atoms with Gasteiger partial charge in [-0.2, -0.15) is 0 Å². The van der Waals surface area contributed by atoms with Gasteiger partial charge in [0.2, 0.25) is 0 Å². The number of likely N-dealkylation sites (tertiary alicyclic amines) is 1. The van der Waals surface area contributed by atoms with Crippen LogP contribution in [-0.4, -0.2) is 41.7 Å². The van der Waals surface area contributed by atoms with Crippen LogP contribution in [0, 0.1) is 0 Å². The maximum Gasteiger partial charge on any atom is 0.318 e. The van der Waals surface area contributed by atoms with E-state index in [1.54, 1.807) is 0 Å². The minimum atomic E-state index is -1.06. The Morgan fingerprint density at radius 3 is 2.48 bits per heavy atom. The van der Waals surface area contributed by atoms with E-state index in [0.717, 1.165) is 30.8 Å². The number of hydrogen-bond donors (Lipinski definition) is 1. The predicted molar refractivity (Wildman–Crippen MR) is 96.0 cm³/mol. The summed E-state index contributed by atoms with van der Waals surface area (Å²) < 4.78 is 6.22. The Bertz CT molecular complexity index is 755. The van der Waals surface area contributed by atoms with E-state index in [1.165, 1.54) is 12.8 Å². The number of ether oxygens (including phenoxy) is 1. The van der Waals surface area contributed by atoms with Gasteiger partial charge in [0.05, 0.1) is 0 Å². The SMILES string of the molecule is O=C(O)C1(c2ccccc2)C[C@@H](CN2CCCC2)Oc2ccccc21. The van der Waals surface area contributed by atoms with Crippen LogP contribution in [0.3, 0.4) is 0 Å². The summed E-state index contributed by atoms with van der Waals surface area (Å²) in [7, 11) is 0. The van der Waals surface area contributed by atoms with Gasteiger partial charge in [-0.05, 0) is 37.6 Å². The molecule has 130 valence electrons. The summed E-state index contributed by atoms with van der Waals surface area (Å²) in [6.07, 6.45) is 2.77. The van der Waals surface area contributed by atoms with Crippen molar-refractivity contribution in [3.63, 3.8) is 0 Å². The van der Waals surface area contributed by atoms with E-state index in [0.29, 0.717) is 12.2 Å².